The fraction of sp³-hybridized carbons (Fsp3) is 0.390. The van der Waals surface area contributed by atoms with Crippen molar-refractivity contribution in [3.05, 3.63) is 116 Å². The zero-order valence-electron chi connectivity index (χ0n) is 30.5. The molecule has 8 rings (SSSR count). The van der Waals surface area contributed by atoms with Gasteiger partial charge in [0, 0.05) is 23.7 Å². The van der Waals surface area contributed by atoms with Crippen LogP contribution in [0, 0.1) is 17.0 Å². The van der Waals surface area contributed by atoms with Gasteiger partial charge in [-0.15, -0.1) is 0 Å². The van der Waals surface area contributed by atoms with Gasteiger partial charge >= 0.3 is 18.6 Å². The molecular weight excluding hydrogens is 771 g/mol. The highest BCUT2D eigenvalue weighted by molar-refractivity contribution is 6.35. The number of carbonyl (C=O) groups excluding carboxylic acids is 1. The number of piperidine rings is 3. The van der Waals surface area contributed by atoms with Gasteiger partial charge in [0.1, 0.15) is 21.9 Å². The summed E-state index contributed by atoms with van der Waals surface area (Å²) in [7, 11) is 1.55. The molecule has 3 saturated heterocycles. The molecule has 4 heterocycles. The number of alkyl halides is 2. The summed E-state index contributed by atoms with van der Waals surface area (Å²) in [5, 5.41) is 26.1. The number of methoxy groups -OCH3 is 1. The molecule has 1 aliphatic carbocycles. The molecule has 56 heavy (non-hydrogen) atoms. The van der Waals surface area contributed by atoms with Crippen LogP contribution in [0.5, 0.6) is 17.2 Å². The molecule has 1 saturated carbocycles. The molecule has 11 nitrogen and oxygen atoms in total. The number of carboxylic acids is 1. The van der Waals surface area contributed by atoms with Crippen LogP contribution in [0.4, 0.5) is 14.5 Å². The summed E-state index contributed by atoms with van der Waals surface area (Å²) < 4.78 is 49.7. The van der Waals surface area contributed by atoms with Gasteiger partial charge in [0.25, 0.3) is 0 Å². The Morgan fingerprint density at radius 3 is 2.27 bits per heavy atom. The number of hydrogen-bond donors (Lipinski definition) is 2. The number of nitrogens with zero attached hydrogens (tertiary/aromatic N) is 2. The van der Waals surface area contributed by atoms with Crippen molar-refractivity contribution in [2.24, 2.45) is 11.8 Å². The van der Waals surface area contributed by atoms with Crippen LogP contribution in [0.3, 0.4) is 0 Å². The van der Waals surface area contributed by atoms with Crippen molar-refractivity contribution in [1.82, 2.24) is 4.90 Å². The highest BCUT2D eigenvalue weighted by Crippen LogP contribution is 2.41. The van der Waals surface area contributed by atoms with Gasteiger partial charge in [-0.3, -0.25) is 4.90 Å². The van der Waals surface area contributed by atoms with Crippen LogP contribution < -0.4 is 24.3 Å². The number of ether oxygens (including phenoxy) is 4. The van der Waals surface area contributed by atoms with Gasteiger partial charge in [-0.05, 0) is 116 Å². The first kappa shape index (κ1) is 39.4. The van der Waals surface area contributed by atoms with Crippen LogP contribution in [-0.2, 0) is 16.0 Å². The second-order valence-electron chi connectivity index (χ2n) is 14.5. The Labute approximate surface area is 332 Å². The van der Waals surface area contributed by atoms with E-state index in [1.165, 1.54) is 12.1 Å². The molecule has 15 heteroatoms. The lowest BCUT2D eigenvalue weighted by Gasteiger charge is -2.44. The fourth-order valence-corrected chi connectivity index (χ4v) is 8.11. The number of nitrogens with one attached hydrogen (secondary N) is 1. The first-order valence-electron chi connectivity index (χ1n) is 18.4. The minimum Gasteiger partial charge on any atom is -0.619 e. The third kappa shape index (κ3) is 9.22. The number of anilines is 1. The van der Waals surface area contributed by atoms with Gasteiger partial charge in [0.05, 0.1) is 19.3 Å². The third-order valence-electron chi connectivity index (χ3n) is 10.7. The molecule has 4 aliphatic rings. The maximum absolute atomic E-state index is 14.1. The fourth-order valence-electron chi connectivity index (χ4n) is 7.52. The molecule has 2 bridgehead atoms. The summed E-state index contributed by atoms with van der Waals surface area (Å²) in [6, 6.07) is 15.1. The smallest absolute Gasteiger partial charge is 0.387 e. The van der Waals surface area contributed by atoms with Gasteiger partial charge in [0.15, 0.2) is 29.9 Å². The summed E-state index contributed by atoms with van der Waals surface area (Å²) in [6.45, 7) is -0.209. The molecule has 0 spiro atoms. The number of rotatable bonds is 16. The summed E-state index contributed by atoms with van der Waals surface area (Å²) in [5.74, 6) is -1.54. The average Bonchev–Trinajstić information content (AvgIpc) is 4.01. The molecule has 1 unspecified atom stereocenters. The number of halogens is 4. The second kappa shape index (κ2) is 17.1. The largest absolute Gasteiger partial charge is 0.619 e. The molecule has 3 atom stereocenters. The number of hydrogen-bond acceptors (Lipinski definition) is 9. The van der Waals surface area contributed by atoms with E-state index in [0.717, 1.165) is 51.2 Å². The van der Waals surface area contributed by atoms with Crippen molar-refractivity contribution in [3.8, 4) is 17.2 Å². The summed E-state index contributed by atoms with van der Waals surface area (Å²) in [4.78, 5) is 29.3. The maximum Gasteiger partial charge on any atom is 0.387 e. The molecule has 1 aromatic heterocycles. The Morgan fingerprint density at radius 2 is 1.66 bits per heavy atom. The lowest BCUT2D eigenvalue weighted by atomic mass is 9.83. The SMILES string of the molecule is COc1ccc(C(Nc2ccc(C(=O)O)c([C@@H](Cc3c(Cl)c[n+]([O-])cc3Cl)c3ccc(OC(F)F)c(OCC4CC4)c3)c2)C(=O)O[C@H]2CN3CCC2CC3)cc1. The molecule has 3 aliphatic heterocycles. The topological polar surface area (TPSA) is 134 Å². The van der Waals surface area contributed by atoms with E-state index in [1.54, 1.807) is 55.6 Å². The normalized spacial score (nSPS) is 19.9. The second-order valence-corrected chi connectivity index (χ2v) is 15.3. The quantitative estimate of drug-likeness (QED) is 0.0654. The van der Waals surface area contributed by atoms with Crippen LogP contribution in [0.1, 0.15) is 70.3 Å². The van der Waals surface area contributed by atoms with E-state index < -0.39 is 30.5 Å². The van der Waals surface area contributed by atoms with Crippen LogP contribution in [0.25, 0.3) is 0 Å². The predicted molar refractivity (Wildman–Crippen MR) is 204 cm³/mol. The minimum absolute atomic E-state index is 0.0110. The molecule has 0 radical (unpaired) electrons. The standard InChI is InChI=1S/C41H41Cl2F2N3O8/c1-53-28-8-4-25(5-9-28)38(40(51)55-37-21-47-14-12-24(37)13-15-47)46-27-7-10-29(39(49)50)31(17-27)30(18-32-33(42)19-48(52)20-34(32)43)26-6-11-35(56-41(44)45)36(16-26)54-22-23-2-3-23/h4-11,16-17,19-20,23-24,30,37-38,41,46H,2-3,12-15,18,21-22H2,1H3,(H,49,50)/t30-,37-,38?/m0/s1. The lowest BCUT2D eigenvalue weighted by Crippen LogP contribution is -2.52. The highest BCUT2D eigenvalue weighted by Gasteiger charge is 2.38. The number of esters is 1. The molecule has 3 aromatic carbocycles. The molecule has 296 valence electrons. The van der Waals surface area contributed by atoms with Crippen LogP contribution in [0.15, 0.2) is 73.1 Å². The molecular formula is C41H41Cl2F2N3O8. The van der Waals surface area contributed by atoms with E-state index in [9.17, 15) is 28.7 Å². The average molecular weight is 813 g/mol. The zero-order chi connectivity index (χ0) is 39.5. The number of aromatic nitrogens is 1. The monoisotopic (exact) mass is 811 g/mol. The number of benzene rings is 3. The Morgan fingerprint density at radius 1 is 0.964 bits per heavy atom. The minimum atomic E-state index is -3.11. The number of pyridine rings is 1. The van der Waals surface area contributed by atoms with E-state index in [0.29, 0.717) is 39.4 Å². The summed E-state index contributed by atoms with van der Waals surface area (Å²) >= 11 is 13.1. The van der Waals surface area contributed by atoms with Gasteiger partial charge in [-0.1, -0.05) is 41.4 Å². The van der Waals surface area contributed by atoms with Crippen LogP contribution in [-0.4, -0.2) is 68.0 Å². The lowest BCUT2D eigenvalue weighted by molar-refractivity contribution is -0.605. The number of carbonyl (C=O) groups is 2. The van der Waals surface area contributed by atoms with Gasteiger partial charge in [-0.25, -0.2) is 9.59 Å². The Bertz CT molecular complexity index is 2040. The van der Waals surface area contributed by atoms with Crippen molar-refractivity contribution in [1.29, 1.82) is 0 Å². The predicted octanol–water partition coefficient (Wildman–Crippen LogP) is 7.89. The molecule has 2 N–H and O–H groups in total. The van der Waals surface area contributed by atoms with Crippen molar-refractivity contribution in [2.45, 2.75) is 56.8 Å². The van der Waals surface area contributed by atoms with E-state index in [1.807, 2.05) is 0 Å². The number of carboxylic acid groups (broad SMARTS) is 1. The molecule has 0 amide bonds. The van der Waals surface area contributed by atoms with Crippen molar-refractivity contribution < 1.29 is 47.2 Å². The maximum atomic E-state index is 14.1. The number of fused-ring (bicyclic) bond motifs is 3. The summed E-state index contributed by atoms with van der Waals surface area (Å²) in [6.07, 6.45) is 5.81. The van der Waals surface area contributed by atoms with Crippen LogP contribution in [0.2, 0.25) is 10.0 Å². The third-order valence-corrected chi connectivity index (χ3v) is 11.4. The van der Waals surface area contributed by atoms with Crippen molar-refractivity contribution >= 4 is 40.8 Å². The van der Waals surface area contributed by atoms with Crippen molar-refractivity contribution in [3.63, 3.8) is 0 Å². The zero-order valence-corrected chi connectivity index (χ0v) is 32.0. The number of aromatic carboxylic acids is 1. The van der Waals surface area contributed by atoms with E-state index >= 15 is 0 Å². The van der Waals surface area contributed by atoms with E-state index in [-0.39, 0.29) is 63.6 Å². The first-order chi connectivity index (χ1) is 26.9. The highest BCUT2D eigenvalue weighted by atomic mass is 35.5. The Hall–Kier alpha value is -4.85. The van der Waals surface area contributed by atoms with Crippen molar-refractivity contribution in [2.75, 3.05) is 38.7 Å². The molecule has 4 aromatic rings. The molecule has 4 fully saturated rings. The van der Waals surface area contributed by atoms with Gasteiger partial charge < -0.3 is 34.6 Å². The summed E-state index contributed by atoms with van der Waals surface area (Å²) in [5.41, 5.74) is 2.02. The van der Waals surface area contributed by atoms with E-state index in [2.05, 4.69) is 10.2 Å². The Kier molecular flexibility index (Phi) is 12.0. The van der Waals surface area contributed by atoms with Crippen LogP contribution >= 0.6 is 23.2 Å². The van der Waals surface area contributed by atoms with E-state index in [4.69, 9.17) is 42.1 Å². The van der Waals surface area contributed by atoms with Gasteiger partial charge in [0.2, 0.25) is 0 Å². The Balaban J connectivity index is 1.30. The first-order valence-corrected chi connectivity index (χ1v) is 19.2. The van der Waals surface area contributed by atoms with Gasteiger partial charge in [-0.2, -0.15) is 13.5 Å².